The van der Waals surface area contributed by atoms with Crippen LogP contribution in [0.15, 0.2) is 30.5 Å². The Bertz CT molecular complexity index is 1060. The molecule has 0 aliphatic rings. The molecule has 10 nitrogen and oxygen atoms in total. The van der Waals surface area contributed by atoms with Gasteiger partial charge < -0.3 is 20.7 Å². The molecule has 0 fully saturated rings. The van der Waals surface area contributed by atoms with Gasteiger partial charge in [-0.3, -0.25) is 10.6 Å². The minimum atomic E-state index is -1.09. The summed E-state index contributed by atoms with van der Waals surface area (Å²) in [5, 5.41) is 32.9. The number of amides is 1. The number of halogens is 2. The van der Waals surface area contributed by atoms with E-state index in [-0.39, 0.29) is 23.1 Å². The second kappa shape index (κ2) is 8.71. The van der Waals surface area contributed by atoms with Gasteiger partial charge in [-0.25, -0.2) is 19.2 Å². The Kier molecular flexibility index (Phi) is 6.10. The molecular weight excluding hydrogens is 405 g/mol. The number of benzene rings is 1. The highest BCUT2D eigenvalue weighted by Gasteiger charge is 2.18. The molecule has 2 heterocycles. The minimum Gasteiger partial charge on any atom is -0.465 e. The second-order valence-electron chi connectivity index (χ2n) is 5.91. The van der Waals surface area contributed by atoms with Crippen LogP contribution in [0.4, 0.5) is 20.8 Å². The lowest BCUT2D eigenvalue weighted by Crippen LogP contribution is -2.27. The Morgan fingerprint density at radius 2 is 2.14 bits per heavy atom. The number of aromatic amines is 1. The maximum Gasteiger partial charge on any atom is 0.404 e. The molecular formula is C17H17ClFN7O3. The van der Waals surface area contributed by atoms with E-state index in [2.05, 4.69) is 25.6 Å². The fourth-order valence-corrected chi connectivity index (χ4v) is 2.72. The summed E-state index contributed by atoms with van der Waals surface area (Å²) in [6, 6.07) is 5.11. The molecule has 29 heavy (non-hydrogen) atoms. The van der Waals surface area contributed by atoms with Crippen LogP contribution in [0.5, 0.6) is 0 Å². The van der Waals surface area contributed by atoms with Crippen molar-refractivity contribution in [1.82, 2.24) is 20.3 Å². The predicted molar refractivity (Wildman–Crippen MR) is 106 cm³/mol. The summed E-state index contributed by atoms with van der Waals surface area (Å²) in [6.07, 6.45) is 0.894. The first-order valence-corrected chi connectivity index (χ1v) is 8.83. The van der Waals surface area contributed by atoms with Crippen LogP contribution in [0.2, 0.25) is 5.02 Å². The minimum absolute atomic E-state index is 0.121. The Balaban J connectivity index is 1.76. The zero-order valence-electron chi connectivity index (χ0n) is 14.9. The topological polar surface area (TPSA) is 150 Å². The third-order valence-electron chi connectivity index (χ3n) is 3.93. The van der Waals surface area contributed by atoms with Crippen LogP contribution in [0, 0.1) is 11.2 Å². The van der Waals surface area contributed by atoms with Crippen LogP contribution in [-0.4, -0.2) is 50.3 Å². The fourth-order valence-electron chi connectivity index (χ4n) is 2.54. The third kappa shape index (κ3) is 4.70. The molecule has 0 spiro atoms. The van der Waals surface area contributed by atoms with E-state index in [0.717, 1.165) is 6.07 Å². The summed E-state index contributed by atoms with van der Waals surface area (Å²) >= 11 is 5.74. The van der Waals surface area contributed by atoms with Gasteiger partial charge in [-0.05, 0) is 30.7 Å². The molecule has 0 unspecified atom stereocenters. The first kappa shape index (κ1) is 20.3. The van der Waals surface area contributed by atoms with Crippen molar-refractivity contribution in [3.63, 3.8) is 0 Å². The Hall–Kier alpha value is -3.44. The number of pyridine rings is 1. The number of carboxylic acid groups (broad SMARTS) is 1. The fraction of sp³-hybridized carbons (Fsp3) is 0.176. The molecule has 3 aromatic rings. The van der Waals surface area contributed by atoms with Gasteiger partial charge in [0.05, 0.1) is 16.2 Å². The van der Waals surface area contributed by atoms with E-state index in [1.165, 1.54) is 24.4 Å². The zero-order chi connectivity index (χ0) is 21.0. The molecule has 6 N–H and O–H groups in total. The van der Waals surface area contributed by atoms with Crippen molar-refractivity contribution in [3.8, 4) is 0 Å². The molecule has 2 aromatic heterocycles. The number of nitrogens with one attached hydrogen (secondary N) is 4. The van der Waals surface area contributed by atoms with Crippen LogP contribution in [-0.2, 0) is 0 Å². The van der Waals surface area contributed by atoms with Gasteiger partial charge >= 0.3 is 6.09 Å². The number of rotatable bonds is 7. The number of H-pyrrole nitrogens is 1. The van der Waals surface area contributed by atoms with E-state index < -0.39 is 11.9 Å². The Morgan fingerprint density at radius 1 is 1.34 bits per heavy atom. The molecule has 3 rings (SSSR count). The van der Waals surface area contributed by atoms with E-state index in [1.54, 1.807) is 0 Å². The van der Waals surface area contributed by atoms with Crippen LogP contribution < -0.4 is 15.7 Å². The summed E-state index contributed by atoms with van der Waals surface area (Å²) in [5.41, 5.74) is 1.17. The van der Waals surface area contributed by atoms with Gasteiger partial charge in [-0.1, -0.05) is 11.6 Å². The molecule has 0 aliphatic carbocycles. The third-order valence-corrected chi connectivity index (χ3v) is 4.22. The number of fused-ring (bicyclic) bond motifs is 1. The Morgan fingerprint density at radius 3 is 2.86 bits per heavy atom. The highest BCUT2D eigenvalue weighted by Crippen LogP contribution is 2.24. The maximum absolute atomic E-state index is 13.3. The number of hydroxylamine groups is 1. The number of imidazole rings is 1. The molecule has 12 heteroatoms. The maximum atomic E-state index is 13.3. The number of anilines is 2. The van der Waals surface area contributed by atoms with Crippen molar-refractivity contribution in [3.05, 3.63) is 46.9 Å². The van der Waals surface area contributed by atoms with Gasteiger partial charge in [-0.2, -0.15) is 4.98 Å². The SMILES string of the molecule is N=C(c1ccnc2nc(NCCCNC(=O)O)[nH]c12)N(O)c1ccc(F)c(Cl)c1. The smallest absolute Gasteiger partial charge is 0.404 e. The lowest BCUT2D eigenvalue weighted by atomic mass is 10.2. The quantitative estimate of drug-likeness (QED) is 0.148. The van der Waals surface area contributed by atoms with Crippen molar-refractivity contribution in [2.45, 2.75) is 6.42 Å². The highest BCUT2D eigenvalue weighted by molar-refractivity contribution is 6.31. The van der Waals surface area contributed by atoms with E-state index in [4.69, 9.17) is 22.1 Å². The summed E-state index contributed by atoms with van der Waals surface area (Å²) in [7, 11) is 0. The number of amidine groups is 1. The van der Waals surface area contributed by atoms with Gasteiger partial charge in [0.1, 0.15) is 5.82 Å². The lowest BCUT2D eigenvalue weighted by molar-refractivity contribution is 0.194. The molecule has 0 radical (unpaired) electrons. The summed E-state index contributed by atoms with van der Waals surface area (Å²) in [5.74, 6) is -0.539. The Labute approximate surface area is 168 Å². The molecule has 0 aliphatic heterocycles. The molecule has 1 aromatic carbocycles. The normalized spacial score (nSPS) is 10.7. The van der Waals surface area contributed by atoms with Gasteiger partial charge in [0.15, 0.2) is 11.5 Å². The first-order chi connectivity index (χ1) is 13.9. The molecule has 0 saturated carbocycles. The van der Waals surface area contributed by atoms with Crippen molar-refractivity contribution in [2.75, 3.05) is 23.5 Å². The number of carbonyl (C=O) groups is 1. The lowest BCUT2D eigenvalue weighted by Gasteiger charge is -2.18. The molecule has 1 amide bonds. The number of aromatic nitrogens is 3. The van der Waals surface area contributed by atoms with Crippen molar-refractivity contribution in [2.24, 2.45) is 0 Å². The summed E-state index contributed by atoms with van der Waals surface area (Å²) in [6.45, 7) is 0.740. The predicted octanol–water partition coefficient (Wildman–Crippen LogP) is 3.04. The zero-order valence-corrected chi connectivity index (χ0v) is 15.7. The average Bonchev–Trinajstić information content (AvgIpc) is 3.11. The van der Waals surface area contributed by atoms with Gasteiger partial charge in [-0.15, -0.1) is 0 Å². The number of nitrogens with zero attached hydrogens (tertiary/aromatic N) is 3. The number of hydrogen-bond acceptors (Lipinski definition) is 6. The van der Waals surface area contributed by atoms with Gasteiger partial charge in [0.25, 0.3) is 0 Å². The second-order valence-corrected chi connectivity index (χ2v) is 6.32. The van der Waals surface area contributed by atoms with Gasteiger partial charge in [0.2, 0.25) is 5.95 Å². The molecule has 152 valence electrons. The van der Waals surface area contributed by atoms with Crippen molar-refractivity contribution < 1.29 is 19.5 Å². The summed E-state index contributed by atoms with van der Waals surface area (Å²) in [4.78, 5) is 21.8. The molecule has 0 saturated heterocycles. The van der Waals surface area contributed by atoms with Crippen molar-refractivity contribution in [1.29, 1.82) is 5.41 Å². The van der Waals surface area contributed by atoms with Crippen LogP contribution in [0.1, 0.15) is 12.0 Å². The largest absolute Gasteiger partial charge is 0.465 e. The van der Waals surface area contributed by atoms with Crippen molar-refractivity contribution >= 4 is 46.3 Å². The first-order valence-electron chi connectivity index (χ1n) is 8.45. The average molecular weight is 422 g/mol. The summed E-state index contributed by atoms with van der Waals surface area (Å²) < 4.78 is 13.3. The van der Waals surface area contributed by atoms with E-state index >= 15 is 0 Å². The van der Waals surface area contributed by atoms with Crippen LogP contribution >= 0.6 is 11.6 Å². The van der Waals surface area contributed by atoms with E-state index in [9.17, 15) is 14.4 Å². The van der Waals surface area contributed by atoms with E-state index in [1.807, 2.05) is 0 Å². The molecule has 0 atom stereocenters. The number of hydrogen-bond donors (Lipinski definition) is 6. The standard InChI is InChI=1S/C17H17ClFN7O3/c18-11-8-9(2-3-12(11)19)26(29)14(20)10-4-7-21-15-13(10)24-16(25-15)22-5-1-6-23-17(27)28/h2-4,7-8,20,23,29H,1,5-6H2,(H,27,28)(H2,21,22,24,25). The van der Waals surface area contributed by atoms with E-state index in [0.29, 0.717) is 40.7 Å². The molecule has 0 bridgehead atoms. The van der Waals surface area contributed by atoms with Gasteiger partial charge in [0, 0.05) is 24.8 Å². The van der Waals surface area contributed by atoms with Crippen LogP contribution in [0.25, 0.3) is 11.2 Å². The van der Waals surface area contributed by atoms with Crippen LogP contribution in [0.3, 0.4) is 0 Å². The monoisotopic (exact) mass is 421 g/mol. The highest BCUT2D eigenvalue weighted by atomic mass is 35.5.